The number of rotatable bonds is 5. The van der Waals surface area contributed by atoms with Gasteiger partial charge in [-0.2, -0.15) is 0 Å². The highest BCUT2D eigenvalue weighted by atomic mass is 16.4. The van der Waals surface area contributed by atoms with Gasteiger partial charge in [-0.15, -0.1) is 0 Å². The lowest BCUT2D eigenvalue weighted by Gasteiger charge is -2.17. The Bertz CT molecular complexity index is 214. The molecule has 0 aliphatic heterocycles. The van der Waals surface area contributed by atoms with Gasteiger partial charge < -0.3 is 16.2 Å². The van der Waals surface area contributed by atoms with Crippen molar-refractivity contribution in [3.8, 4) is 0 Å². The molecule has 0 fully saturated rings. The van der Waals surface area contributed by atoms with E-state index < -0.39 is 24.0 Å². The molecule has 1 amide bonds. The third kappa shape index (κ3) is 4.81. The fraction of sp³-hybridized carbons (Fsp3) is 0.778. The number of carbonyl (C=O) groups is 2. The Labute approximate surface area is 83.7 Å². The second kappa shape index (κ2) is 5.59. The van der Waals surface area contributed by atoms with Crippen LogP contribution in [0.4, 0.5) is 0 Å². The van der Waals surface area contributed by atoms with Crippen molar-refractivity contribution in [3.05, 3.63) is 0 Å². The first-order valence-corrected chi connectivity index (χ1v) is 4.63. The summed E-state index contributed by atoms with van der Waals surface area (Å²) in [6.07, 6.45) is 0.411. The van der Waals surface area contributed by atoms with Gasteiger partial charge in [-0.25, -0.2) is 4.79 Å². The number of hydrogen-bond acceptors (Lipinski definition) is 3. The van der Waals surface area contributed by atoms with E-state index >= 15 is 0 Å². The third-order valence-electron chi connectivity index (χ3n) is 1.74. The molecule has 0 heterocycles. The van der Waals surface area contributed by atoms with E-state index in [1.54, 1.807) is 0 Å². The number of hydrogen-bond donors (Lipinski definition) is 3. The minimum Gasteiger partial charge on any atom is -0.480 e. The summed E-state index contributed by atoms with van der Waals surface area (Å²) in [5.41, 5.74) is 5.31. The Hall–Kier alpha value is -1.10. The molecule has 0 radical (unpaired) electrons. The van der Waals surface area contributed by atoms with Crippen LogP contribution in [0.25, 0.3) is 0 Å². The largest absolute Gasteiger partial charge is 0.480 e. The molecule has 82 valence electrons. The van der Waals surface area contributed by atoms with Crippen molar-refractivity contribution >= 4 is 11.9 Å². The maximum atomic E-state index is 11.1. The summed E-state index contributed by atoms with van der Waals surface area (Å²) in [6, 6.07) is -1.52. The Morgan fingerprint density at radius 2 is 1.86 bits per heavy atom. The van der Waals surface area contributed by atoms with Crippen molar-refractivity contribution in [3.63, 3.8) is 0 Å². The first-order valence-electron chi connectivity index (χ1n) is 4.63. The van der Waals surface area contributed by atoms with Gasteiger partial charge in [0.2, 0.25) is 5.91 Å². The van der Waals surface area contributed by atoms with Crippen LogP contribution in [0.2, 0.25) is 0 Å². The van der Waals surface area contributed by atoms with E-state index in [0.29, 0.717) is 6.42 Å². The Morgan fingerprint density at radius 3 is 2.14 bits per heavy atom. The molecular formula is C9H18N2O3. The average Bonchev–Trinajstić information content (AvgIpc) is 2.01. The normalized spacial score (nSPS) is 14.9. The predicted octanol–water partition coefficient (Wildman–Crippen LogP) is -0.0509. The summed E-state index contributed by atoms with van der Waals surface area (Å²) < 4.78 is 0. The van der Waals surface area contributed by atoms with Crippen molar-refractivity contribution < 1.29 is 14.7 Å². The van der Waals surface area contributed by atoms with Crippen LogP contribution in [0, 0.1) is 5.92 Å². The summed E-state index contributed by atoms with van der Waals surface area (Å²) in [4.78, 5) is 21.9. The first kappa shape index (κ1) is 12.9. The molecule has 5 heteroatoms. The quantitative estimate of drug-likeness (QED) is 0.582. The van der Waals surface area contributed by atoms with Crippen molar-refractivity contribution in [2.24, 2.45) is 11.7 Å². The van der Waals surface area contributed by atoms with Crippen molar-refractivity contribution in [2.75, 3.05) is 0 Å². The van der Waals surface area contributed by atoms with Gasteiger partial charge in [0.05, 0.1) is 6.04 Å². The van der Waals surface area contributed by atoms with Crippen LogP contribution >= 0.6 is 0 Å². The SMILES string of the molecule is CC(C)C[C@@H](NC(=O)[C@@H](C)N)C(=O)O. The highest BCUT2D eigenvalue weighted by Crippen LogP contribution is 2.04. The molecule has 14 heavy (non-hydrogen) atoms. The van der Waals surface area contributed by atoms with Gasteiger partial charge in [-0.3, -0.25) is 4.79 Å². The average molecular weight is 202 g/mol. The summed E-state index contributed by atoms with van der Waals surface area (Å²) in [5, 5.41) is 11.2. The second-order valence-corrected chi connectivity index (χ2v) is 3.82. The molecule has 0 spiro atoms. The zero-order valence-electron chi connectivity index (χ0n) is 8.78. The summed E-state index contributed by atoms with van der Waals surface area (Å²) in [5.74, 6) is -1.24. The predicted molar refractivity (Wildman–Crippen MR) is 52.7 cm³/mol. The number of carboxylic acids is 1. The van der Waals surface area contributed by atoms with Gasteiger partial charge >= 0.3 is 5.97 Å². The van der Waals surface area contributed by atoms with Crippen molar-refractivity contribution in [1.29, 1.82) is 0 Å². The number of carbonyl (C=O) groups excluding carboxylic acids is 1. The van der Waals surface area contributed by atoms with Gasteiger partial charge in [-0.1, -0.05) is 13.8 Å². The zero-order valence-corrected chi connectivity index (χ0v) is 8.78. The molecular weight excluding hydrogens is 184 g/mol. The summed E-state index contributed by atoms with van der Waals surface area (Å²) in [7, 11) is 0. The minimum atomic E-state index is -1.02. The fourth-order valence-corrected chi connectivity index (χ4v) is 0.996. The lowest BCUT2D eigenvalue weighted by molar-refractivity contribution is -0.142. The van der Waals surface area contributed by atoms with Crippen LogP contribution in [0.5, 0.6) is 0 Å². The van der Waals surface area contributed by atoms with Crippen LogP contribution in [0.1, 0.15) is 27.2 Å². The fourth-order valence-electron chi connectivity index (χ4n) is 0.996. The molecule has 5 nitrogen and oxygen atoms in total. The van der Waals surface area contributed by atoms with E-state index in [-0.39, 0.29) is 5.92 Å². The van der Waals surface area contributed by atoms with E-state index in [0.717, 1.165) is 0 Å². The molecule has 0 saturated heterocycles. The monoisotopic (exact) mass is 202 g/mol. The number of nitrogens with one attached hydrogen (secondary N) is 1. The molecule has 0 aliphatic carbocycles. The summed E-state index contributed by atoms with van der Waals surface area (Å²) in [6.45, 7) is 5.31. The molecule has 2 atom stereocenters. The van der Waals surface area contributed by atoms with Crippen LogP contribution < -0.4 is 11.1 Å². The van der Waals surface area contributed by atoms with E-state index in [9.17, 15) is 9.59 Å². The van der Waals surface area contributed by atoms with Crippen molar-refractivity contribution in [2.45, 2.75) is 39.3 Å². The third-order valence-corrected chi connectivity index (χ3v) is 1.74. The Balaban J connectivity index is 4.23. The lowest BCUT2D eigenvalue weighted by Crippen LogP contribution is -2.47. The number of amides is 1. The molecule has 4 N–H and O–H groups in total. The highest BCUT2D eigenvalue weighted by Gasteiger charge is 2.22. The summed E-state index contributed by atoms with van der Waals surface area (Å²) >= 11 is 0. The lowest BCUT2D eigenvalue weighted by atomic mass is 10.0. The molecule has 0 rings (SSSR count). The molecule has 0 aliphatic rings. The highest BCUT2D eigenvalue weighted by molar-refractivity contribution is 5.86. The molecule has 0 aromatic rings. The number of aliphatic carboxylic acids is 1. The number of carboxylic acid groups (broad SMARTS) is 1. The van der Waals surface area contributed by atoms with Crippen molar-refractivity contribution in [1.82, 2.24) is 5.32 Å². The maximum Gasteiger partial charge on any atom is 0.326 e. The van der Waals surface area contributed by atoms with E-state index in [1.165, 1.54) is 6.92 Å². The maximum absolute atomic E-state index is 11.1. The van der Waals surface area contributed by atoms with Crippen LogP contribution in [0.3, 0.4) is 0 Å². The van der Waals surface area contributed by atoms with E-state index in [4.69, 9.17) is 10.8 Å². The molecule has 0 unspecified atom stereocenters. The topological polar surface area (TPSA) is 92.4 Å². The van der Waals surface area contributed by atoms with E-state index in [1.807, 2.05) is 13.8 Å². The zero-order chi connectivity index (χ0) is 11.3. The Kier molecular flexibility index (Phi) is 5.15. The van der Waals surface area contributed by atoms with Gasteiger partial charge in [0.1, 0.15) is 6.04 Å². The minimum absolute atomic E-state index is 0.212. The van der Waals surface area contributed by atoms with E-state index in [2.05, 4.69) is 5.32 Å². The van der Waals surface area contributed by atoms with Gasteiger partial charge in [0.25, 0.3) is 0 Å². The second-order valence-electron chi connectivity index (χ2n) is 3.82. The van der Waals surface area contributed by atoms with Crippen LogP contribution in [-0.2, 0) is 9.59 Å². The van der Waals surface area contributed by atoms with Crippen LogP contribution in [0.15, 0.2) is 0 Å². The number of nitrogens with two attached hydrogens (primary N) is 1. The molecule has 0 aromatic heterocycles. The Morgan fingerprint density at radius 1 is 1.36 bits per heavy atom. The van der Waals surface area contributed by atoms with Gasteiger partial charge in [0.15, 0.2) is 0 Å². The first-order chi connectivity index (χ1) is 6.34. The molecule has 0 aromatic carbocycles. The molecule has 0 saturated carbocycles. The van der Waals surface area contributed by atoms with Gasteiger partial charge in [0, 0.05) is 0 Å². The van der Waals surface area contributed by atoms with Crippen LogP contribution in [-0.4, -0.2) is 29.1 Å². The standard InChI is InChI=1S/C9H18N2O3/c1-5(2)4-7(9(13)14)11-8(12)6(3)10/h5-7H,4,10H2,1-3H3,(H,11,12)(H,13,14)/t6-,7-/m1/s1. The smallest absolute Gasteiger partial charge is 0.326 e. The van der Waals surface area contributed by atoms with Gasteiger partial charge in [-0.05, 0) is 19.3 Å². The molecule has 0 bridgehead atoms.